The van der Waals surface area contributed by atoms with Gasteiger partial charge in [-0.2, -0.15) is 0 Å². The molecule has 0 spiro atoms. The largest absolute Gasteiger partial charge is 0.507 e. The monoisotopic (exact) mass is 506 g/mol. The van der Waals surface area contributed by atoms with E-state index in [-0.39, 0.29) is 16.3 Å². The van der Waals surface area contributed by atoms with Crippen LogP contribution in [0.1, 0.15) is 30.5 Å². The highest BCUT2D eigenvalue weighted by molar-refractivity contribution is 7.22. The van der Waals surface area contributed by atoms with Crippen LogP contribution in [0.15, 0.2) is 72.3 Å². The van der Waals surface area contributed by atoms with Crippen molar-refractivity contribution in [2.45, 2.75) is 19.4 Å². The van der Waals surface area contributed by atoms with E-state index >= 15 is 0 Å². The number of ketones is 1. The molecule has 5 rings (SSSR count). The van der Waals surface area contributed by atoms with Crippen molar-refractivity contribution >= 4 is 44.1 Å². The summed E-state index contributed by atoms with van der Waals surface area (Å²) in [5.41, 5.74) is 1.04. The minimum atomic E-state index is -1.01. The molecule has 36 heavy (non-hydrogen) atoms. The standard InChI is InChI=1S/C27H20F2N2O4S/c1-2-13-35-19-10-5-15(6-11-19)23-22(24(32)16-3-7-17(28)8-4-16)25(33)26(34)31(23)27-30-20-12-9-18(29)14-21(20)36-27/h3-12,14,23,32H,2,13H2,1H3/t23-/m0/s1. The summed E-state index contributed by atoms with van der Waals surface area (Å²) in [5.74, 6) is -2.55. The fourth-order valence-corrected chi connectivity index (χ4v) is 5.08. The first-order valence-corrected chi connectivity index (χ1v) is 12.0. The molecular weight excluding hydrogens is 486 g/mol. The number of hydrogen-bond donors (Lipinski definition) is 1. The third-order valence-corrected chi connectivity index (χ3v) is 6.79. The van der Waals surface area contributed by atoms with Crippen LogP contribution < -0.4 is 9.64 Å². The molecule has 182 valence electrons. The van der Waals surface area contributed by atoms with Crippen molar-refractivity contribution in [3.63, 3.8) is 0 Å². The van der Waals surface area contributed by atoms with E-state index in [1.807, 2.05) is 6.92 Å². The van der Waals surface area contributed by atoms with Crippen LogP contribution in [0.3, 0.4) is 0 Å². The van der Waals surface area contributed by atoms with Crippen LogP contribution in [0.2, 0.25) is 0 Å². The first-order valence-electron chi connectivity index (χ1n) is 11.2. The number of fused-ring (bicyclic) bond motifs is 1. The highest BCUT2D eigenvalue weighted by atomic mass is 32.1. The van der Waals surface area contributed by atoms with Gasteiger partial charge in [-0.3, -0.25) is 14.5 Å². The van der Waals surface area contributed by atoms with Crippen LogP contribution in [0.4, 0.5) is 13.9 Å². The molecule has 0 aliphatic carbocycles. The lowest BCUT2D eigenvalue weighted by atomic mass is 9.95. The fraction of sp³-hybridized carbons (Fsp3) is 0.148. The molecule has 0 saturated carbocycles. The van der Waals surface area contributed by atoms with Gasteiger partial charge in [0.2, 0.25) is 0 Å². The SMILES string of the molecule is CCCOc1ccc([C@H]2C(=C(O)c3ccc(F)cc3)C(=O)C(=O)N2c2nc3ccc(F)cc3s2)cc1. The summed E-state index contributed by atoms with van der Waals surface area (Å²) in [6, 6.07) is 14.9. The number of rotatable bonds is 6. The zero-order valence-electron chi connectivity index (χ0n) is 19.1. The summed E-state index contributed by atoms with van der Waals surface area (Å²) in [6.07, 6.45) is 0.831. The van der Waals surface area contributed by atoms with Crippen molar-refractivity contribution in [1.82, 2.24) is 4.98 Å². The van der Waals surface area contributed by atoms with Gasteiger partial charge in [-0.15, -0.1) is 0 Å². The summed E-state index contributed by atoms with van der Waals surface area (Å²) in [4.78, 5) is 32.2. The molecule has 1 aliphatic heterocycles. The van der Waals surface area contributed by atoms with Gasteiger partial charge < -0.3 is 9.84 Å². The molecule has 1 aromatic heterocycles. The fourth-order valence-electron chi connectivity index (χ4n) is 4.06. The molecule has 3 aromatic carbocycles. The van der Waals surface area contributed by atoms with Crippen molar-refractivity contribution in [3.05, 3.63) is 95.1 Å². The van der Waals surface area contributed by atoms with Gasteiger partial charge in [0.25, 0.3) is 5.78 Å². The zero-order chi connectivity index (χ0) is 25.4. The van der Waals surface area contributed by atoms with E-state index in [0.29, 0.717) is 28.1 Å². The summed E-state index contributed by atoms with van der Waals surface area (Å²) in [7, 11) is 0. The van der Waals surface area contributed by atoms with Crippen LogP contribution in [0.5, 0.6) is 5.75 Å². The normalized spacial score (nSPS) is 17.2. The van der Waals surface area contributed by atoms with E-state index in [0.717, 1.165) is 29.9 Å². The van der Waals surface area contributed by atoms with Gasteiger partial charge in [-0.1, -0.05) is 30.4 Å². The van der Waals surface area contributed by atoms with Gasteiger partial charge in [0, 0.05) is 5.56 Å². The molecule has 4 aromatic rings. The summed E-state index contributed by atoms with van der Waals surface area (Å²) in [5, 5.41) is 11.3. The smallest absolute Gasteiger partial charge is 0.301 e. The van der Waals surface area contributed by atoms with Crippen molar-refractivity contribution < 1.29 is 28.2 Å². The van der Waals surface area contributed by atoms with E-state index in [2.05, 4.69) is 4.98 Å². The maximum atomic E-state index is 13.8. The van der Waals surface area contributed by atoms with Gasteiger partial charge in [-0.05, 0) is 66.6 Å². The van der Waals surface area contributed by atoms with Gasteiger partial charge in [0.05, 0.1) is 28.4 Å². The molecule has 1 saturated heterocycles. The number of nitrogens with zero attached hydrogens (tertiary/aromatic N) is 2. The maximum Gasteiger partial charge on any atom is 0.301 e. The number of carbonyl (C=O) groups excluding carboxylic acids is 2. The summed E-state index contributed by atoms with van der Waals surface area (Å²) >= 11 is 1.06. The molecule has 9 heteroatoms. The number of aliphatic hydroxyl groups is 1. The molecule has 0 unspecified atom stereocenters. The second kappa shape index (κ2) is 9.50. The summed E-state index contributed by atoms with van der Waals surface area (Å²) < 4.78 is 33.4. The molecule has 1 fully saturated rings. The molecule has 6 nitrogen and oxygen atoms in total. The molecule has 2 heterocycles. The minimum absolute atomic E-state index is 0.153. The highest BCUT2D eigenvalue weighted by Crippen LogP contribution is 2.44. The molecule has 0 bridgehead atoms. The Morgan fingerprint density at radius 2 is 1.72 bits per heavy atom. The number of benzene rings is 3. The van der Waals surface area contributed by atoms with Crippen LogP contribution >= 0.6 is 11.3 Å². The highest BCUT2D eigenvalue weighted by Gasteiger charge is 2.48. The molecule has 0 radical (unpaired) electrons. The molecule has 1 aliphatic rings. The van der Waals surface area contributed by atoms with E-state index in [4.69, 9.17) is 4.74 Å². The number of Topliss-reactive ketones (excluding diaryl/α,β-unsaturated/α-hetero) is 1. The van der Waals surface area contributed by atoms with Gasteiger partial charge in [-0.25, -0.2) is 13.8 Å². The van der Waals surface area contributed by atoms with Gasteiger partial charge >= 0.3 is 5.91 Å². The van der Waals surface area contributed by atoms with Crippen LogP contribution in [-0.4, -0.2) is 28.4 Å². The quantitative estimate of drug-likeness (QED) is 0.197. The number of ether oxygens (including phenoxy) is 1. The maximum absolute atomic E-state index is 13.8. The van der Waals surface area contributed by atoms with E-state index in [1.165, 1.54) is 35.2 Å². The lowest BCUT2D eigenvalue weighted by Gasteiger charge is -2.23. The van der Waals surface area contributed by atoms with Crippen molar-refractivity contribution in [2.24, 2.45) is 0 Å². The summed E-state index contributed by atoms with van der Waals surface area (Å²) in [6.45, 7) is 2.52. The molecule has 1 amide bonds. The number of amides is 1. The number of carbonyl (C=O) groups is 2. The van der Waals surface area contributed by atoms with Crippen LogP contribution in [0, 0.1) is 11.6 Å². The average molecular weight is 507 g/mol. The number of anilines is 1. The molecular formula is C27H20F2N2O4S. The third-order valence-electron chi connectivity index (χ3n) is 5.78. The number of thiazole rings is 1. The number of halogens is 2. The molecule has 1 N–H and O–H groups in total. The lowest BCUT2D eigenvalue weighted by molar-refractivity contribution is -0.132. The molecule has 1 atom stereocenters. The average Bonchev–Trinajstić information content (AvgIpc) is 3.40. The Kier molecular flexibility index (Phi) is 6.24. The Labute approximate surface area is 209 Å². The van der Waals surface area contributed by atoms with Crippen LogP contribution in [0.25, 0.3) is 16.0 Å². The Balaban J connectivity index is 1.67. The van der Waals surface area contributed by atoms with Crippen LogP contribution in [-0.2, 0) is 9.59 Å². The van der Waals surface area contributed by atoms with Gasteiger partial charge in [0.15, 0.2) is 5.13 Å². The Morgan fingerprint density at radius 1 is 1.03 bits per heavy atom. The predicted molar refractivity (Wildman–Crippen MR) is 133 cm³/mol. The van der Waals surface area contributed by atoms with Gasteiger partial charge in [0.1, 0.15) is 23.1 Å². The number of aromatic nitrogens is 1. The number of aliphatic hydroxyl groups excluding tert-OH is 1. The predicted octanol–water partition coefficient (Wildman–Crippen LogP) is 5.99. The Hall–Kier alpha value is -4.11. The minimum Gasteiger partial charge on any atom is -0.507 e. The van der Waals surface area contributed by atoms with E-state index < -0.39 is 35.1 Å². The Bertz CT molecular complexity index is 1500. The van der Waals surface area contributed by atoms with Crippen molar-refractivity contribution in [3.8, 4) is 5.75 Å². The van der Waals surface area contributed by atoms with Crippen molar-refractivity contribution in [2.75, 3.05) is 11.5 Å². The first kappa shape index (κ1) is 23.6. The zero-order valence-corrected chi connectivity index (χ0v) is 19.9. The second-order valence-electron chi connectivity index (χ2n) is 8.20. The van der Waals surface area contributed by atoms with Crippen molar-refractivity contribution in [1.29, 1.82) is 0 Å². The first-order chi connectivity index (χ1) is 17.4. The van der Waals surface area contributed by atoms with E-state index in [1.54, 1.807) is 24.3 Å². The lowest BCUT2D eigenvalue weighted by Crippen LogP contribution is -2.29. The third kappa shape index (κ3) is 4.22. The number of hydrogen-bond acceptors (Lipinski definition) is 6. The Morgan fingerprint density at radius 3 is 2.42 bits per heavy atom. The topological polar surface area (TPSA) is 79.7 Å². The van der Waals surface area contributed by atoms with E-state index in [9.17, 15) is 23.5 Å². The second-order valence-corrected chi connectivity index (χ2v) is 9.21.